The Hall–Kier alpha value is -1.53. The fourth-order valence-corrected chi connectivity index (χ4v) is 1.54. The zero-order valence-electron chi connectivity index (χ0n) is 10.6. The first-order valence-electron chi connectivity index (χ1n) is 5.77. The molecule has 0 amide bonds. The fraction of sp³-hybridized carbons (Fsp3) is 0.636. The lowest BCUT2D eigenvalue weighted by Crippen LogP contribution is -2.18. The minimum atomic E-state index is -4.47. The maximum atomic E-state index is 12.6. The highest BCUT2D eigenvalue weighted by Gasteiger charge is 2.33. The second-order valence-electron chi connectivity index (χ2n) is 4.04. The summed E-state index contributed by atoms with van der Waals surface area (Å²) in [7, 11) is 1.48. The molecule has 0 radical (unpaired) electrons. The average molecular weight is 262 g/mol. The highest BCUT2D eigenvalue weighted by molar-refractivity contribution is 5.43. The summed E-state index contributed by atoms with van der Waals surface area (Å²) in [5.41, 5.74) is -0.951. The van der Waals surface area contributed by atoms with E-state index in [-0.39, 0.29) is 17.8 Å². The number of halogens is 3. The van der Waals surface area contributed by atoms with Crippen LogP contribution in [0.25, 0.3) is 0 Å². The van der Waals surface area contributed by atoms with Crippen molar-refractivity contribution in [2.75, 3.05) is 17.7 Å². The molecular formula is C11H17F3N4. The summed E-state index contributed by atoms with van der Waals surface area (Å²) in [5.74, 6) is 0.138. The second-order valence-corrected chi connectivity index (χ2v) is 4.04. The van der Waals surface area contributed by atoms with Gasteiger partial charge in [-0.15, -0.1) is 0 Å². The fourth-order valence-electron chi connectivity index (χ4n) is 1.54. The highest BCUT2D eigenvalue weighted by Crippen LogP contribution is 2.29. The standard InChI is InChI=1S/C11H17F3N4/c1-4-5-7(2)16-9-6-8(11(12,13)14)17-10(15-3)18-9/h6-7H,4-5H2,1-3H3,(H2,15,16,17,18). The summed E-state index contributed by atoms with van der Waals surface area (Å²) < 4.78 is 37.9. The third-order valence-electron chi connectivity index (χ3n) is 2.36. The van der Waals surface area contributed by atoms with Gasteiger partial charge in [-0.05, 0) is 13.3 Å². The summed E-state index contributed by atoms with van der Waals surface area (Å²) >= 11 is 0. The van der Waals surface area contributed by atoms with Crippen LogP contribution in [0.15, 0.2) is 6.07 Å². The number of rotatable bonds is 5. The lowest BCUT2D eigenvalue weighted by molar-refractivity contribution is -0.141. The van der Waals surface area contributed by atoms with Crippen LogP contribution in [0.1, 0.15) is 32.4 Å². The number of nitrogens with zero attached hydrogens (tertiary/aromatic N) is 2. The second kappa shape index (κ2) is 5.88. The first-order valence-corrected chi connectivity index (χ1v) is 5.77. The van der Waals surface area contributed by atoms with Gasteiger partial charge in [-0.25, -0.2) is 4.98 Å². The van der Waals surface area contributed by atoms with Gasteiger partial charge in [0.1, 0.15) is 5.82 Å². The SMILES string of the molecule is CCCC(C)Nc1cc(C(F)(F)F)nc(NC)n1. The predicted octanol–water partition coefficient (Wildman–Crippen LogP) is 3.14. The molecule has 102 valence electrons. The van der Waals surface area contributed by atoms with Crippen LogP contribution in [-0.4, -0.2) is 23.1 Å². The Bertz CT molecular complexity index is 392. The first kappa shape index (κ1) is 14.5. The number of hydrogen-bond acceptors (Lipinski definition) is 4. The molecule has 0 saturated carbocycles. The zero-order valence-corrected chi connectivity index (χ0v) is 10.6. The van der Waals surface area contributed by atoms with Crippen molar-refractivity contribution in [2.45, 2.75) is 38.9 Å². The van der Waals surface area contributed by atoms with E-state index in [0.29, 0.717) is 0 Å². The van der Waals surface area contributed by atoms with Crippen molar-refractivity contribution in [3.05, 3.63) is 11.8 Å². The van der Waals surface area contributed by atoms with E-state index in [0.717, 1.165) is 18.9 Å². The van der Waals surface area contributed by atoms with E-state index < -0.39 is 11.9 Å². The molecule has 0 aliphatic rings. The smallest absolute Gasteiger partial charge is 0.367 e. The Balaban J connectivity index is 2.97. The first-order chi connectivity index (χ1) is 8.36. The van der Waals surface area contributed by atoms with E-state index in [1.807, 2.05) is 13.8 Å². The zero-order chi connectivity index (χ0) is 13.8. The molecule has 1 aromatic rings. The summed E-state index contributed by atoms with van der Waals surface area (Å²) in [6.07, 6.45) is -2.66. The normalized spacial score (nSPS) is 13.2. The van der Waals surface area contributed by atoms with Gasteiger partial charge in [0, 0.05) is 19.2 Å². The van der Waals surface area contributed by atoms with E-state index in [1.165, 1.54) is 7.05 Å². The Kier molecular flexibility index (Phi) is 4.75. The van der Waals surface area contributed by atoms with Crippen molar-refractivity contribution in [1.82, 2.24) is 9.97 Å². The molecule has 1 heterocycles. The Labute approximate surface area is 104 Å². The van der Waals surface area contributed by atoms with Gasteiger partial charge in [0.15, 0.2) is 5.69 Å². The lowest BCUT2D eigenvalue weighted by atomic mass is 10.2. The molecule has 7 heteroatoms. The molecule has 0 aromatic carbocycles. The van der Waals surface area contributed by atoms with E-state index >= 15 is 0 Å². The minimum absolute atomic E-state index is 0.0453. The molecule has 0 fully saturated rings. The Morgan fingerprint density at radius 1 is 1.33 bits per heavy atom. The van der Waals surface area contributed by atoms with Crippen LogP contribution < -0.4 is 10.6 Å². The molecule has 1 atom stereocenters. The molecule has 1 unspecified atom stereocenters. The molecule has 0 aliphatic heterocycles. The molecule has 0 aliphatic carbocycles. The lowest BCUT2D eigenvalue weighted by Gasteiger charge is -2.15. The summed E-state index contributed by atoms with van der Waals surface area (Å²) in [6, 6.07) is 0.989. The molecule has 1 rings (SSSR count). The third-order valence-corrected chi connectivity index (χ3v) is 2.36. The van der Waals surface area contributed by atoms with E-state index in [9.17, 15) is 13.2 Å². The average Bonchev–Trinajstić information content (AvgIpc) is 2.27. The number of aromatic nitrogens is 2. The van der Waals surface area contributed by atoms with Crippen molar-refractivity contribution in [1.29, 1.82) is 0 Å². The molecule has 18 heavy (non-hydrogen) atoms. The molecule has 2 N–H and O–H groups in total. The van der Waals surface area contributed by atoms with Crippen LogP contribution in [-0.2, 0) is 6.18 Å². The minimum Gasteiger partial charge on any atom is -0.367 e. The molecule has 1 aromatic heterocycles. The maximum Gasteiger partial charge on any atom is 0.433 e. The molecular weight excluding hydrogens is 245 g/mol. The summed E-state index contributed by atoms with van der Waals surface area (Å²) in [6.45, 7) is 3.91. The van der Waals surface area contributed by atoms with Crippen LogP contribution >= 0.6 is 0 Å². The van der Waals surface area contributed by atoms with Crippen LogP contribution in [0.2, 0.25) is 0 Å². The van der Waals surface area contributed by atoms with Gasteiger partial charge in [0.2, 0.25) is 5.95 Å². The van der Waals surface area contributed by atoms with Crippen LogP contribution in [0.4, 0.5) is 24.9 Å². The van der Waals surface area contributed by atoms with Gasteiger partial charge in [0.25, 0.3) is 0 Å². The van der Waals surface area contributed by atoms with Crippen molar-refractivity contribution < 1.29 is 13.2 Å². The Morgan fingerprint density at radius 2 is 2.00 bits per heavy atom. The monoisotopic (exact) mass is 262 g/mol. The van der Waals surface area contributed by atoms with Crippen LogP contribution in [0.5, 0.6) is 0 Å². The van der Waals surface area contributed by atoms with Crippen molar-refractivity contribution in [3.63, 3.8) is 0 Å². The van der Waals surface area contributed by atoms with Gasteiger partial charge in [-0.2, -0.15) is 18.2 Å². The number of alkyl halides is 3. The van der Waals surface area contributed by atoms with Gasteiger partial charge in [-0.3, -0.25) is 0 Å². The molecule has 0 bridgehead atoms. The van der Waals surface area contributed by atoms with Gasteiger partial charge >= 0.3 is 6.18 Å². The van der Waals surface area contributed by atoms with Crippen molar-refractivity contribution in [2.24, 2.45) is 0 Å². The third kappa shape index (κ3) is 4.05. The van der Waals surface area contributed by atoms with Crippen LogP contribution in [0, 0.1) is 0 Å². The van der Waals surface area contributed by atoms with Crippen molar-refractivity contribution in [3.8, 4) is 0 Å². The highest BCUT2D eigenvalue weighted by atomic mass is 19.4. The quantitative estimate of drug-likeness (QED) is 0.856. The number of hydrogen-bond donors (Lipinski definition) is 2. The summed E-state index contributed by atoms with van der Waals surface area (Å²) in [4.78, 5) is 7.34. The molecule has 0 spiro atoms. The topological polar surface area (TPSA) is 49.8 Å². The predicted molar refractivity (Wildman–Crippen MR) is 64.6 cm³/mol. The molecule has 4 nitrogen and oxygen atoms in total. The van der Waals surface area contributed by atoms with Gasteiger partial charge in [0.05, 0.1) is 0 Å². The maximum absolute atomic E-state index is 12.6. The Morgan fingerprint density at radius 3 is 2.50 bits per heavy atom. The largest absolute Gasteiger partial charge is 0.433 e. The van der Waals surface area contributed by atoms with E-state index in [1.54, 1.807) is 0 Å². The molecule has 0 saturated heterocycles. The van der Waals surface area contributed by atoms with Crippen molar-refractivity contribution >= 4 is 11.8 Å². The number of nitrogens with one attached hydrogen (secondary N) is 2. The van der Waals surface area contributed by atoms with Crippen LogP contribution in [0.3, 0.4) is 0 Å². The van der Waals surface area contributed by atoms with E-state index in [2.05, 4.69) is 20.6 Å². The van der Waals surface area contributed by atoms with Gasteiger partial charge in [-0.1, -0.05) is 13.3 Å². The van der Waals surface area contributed by atoms with E-state index in [4.69, 9.17) is 0 Å². The summed E-state index contributed by atoms with van der Waals surface area (Å²) in [5, 5.41) is 5.46. The number of anilines is 2. The van der Waals surface area contributed by atoms with Gasteiger partial charge < -0.3 is 10.6 Å².